The number of rotatable bonds is 9. The number of benzene rings is 3. The van der Waals surface area contributed by atoms with E-state index in [0.717, 1.165) is 21.4 Å². The molecule has 196 valence electrons. The van der Waals surface area contributed by atoms with Crippen LogP contribution in [0, 0.1) is 0 Å². The van der Waals surface area contributed by atoms with Gasteiger partial charge in [0.15, 0.2) is 11.5 Å². The van der Waals surface area contributed by atoms with E-state index in [0.29, 0.717) is 35.1 Å². The number of carbonyl (C=O) groups excluding carboxylic acids is 3. The number of barbiturate groups is 1. The molecule has 4 rings (SSSR count). The molecule has 10 heteroatoms. The van der Waals surface area contributed by atoms with Crippen LogP contribution < -0.4 is 24.4 Å². The Balaban J connectivity index is 1.60. The zero-order chi connectivity index (χ0) is 27.2. The van der Waals surface area contributed by atoms with Crippen LogP contribution in [0.5, 0.6) is 17.2 Å². The van der Waals surface area contributed by atoms with Gasteiger partial charge in [-0.05, 0) is 60.5 Å². The third-order valence-electron chi connectivity index (χ3n) is 5.56. The molecule has 0 bridgehead atoms. The summed E-state index contributed by atoms with van der Waals surface area (Å²) < 4.78 is 17.8. The molecular formula is C28H24BrClN2O6. The number of methoxy groups -OCH3 is 1. The van der Waals surface area contributed by atoms with E-state index < -0.39 is 17.8 Å². The molecule has 3 aromatic carbocycles. The van der Waals surface area contributed by atoms with Crippen molar-refractivity contribution >= 4 is 57.1 Å². The Morgan fingerprint density at radius 1 is 1.03 bits per heavy atom. The summed E-state index contributed by atoms with van der Waals surface area (Å²) in [6.45, 7) is 2.77. The largest absolute Gasteiger partial charge is 0.494 e. The summed E-state index contributed by atoms with van der Waals surface area (Å²) in [5.41, 5.74) is 1.38. The third-order valence-corrected chi connectivity index (χ3v) is 6.62. The number of carbonyl (C=O) groups is 3. The minimum absolute atomic E-state index is 0.225. The highest BCUT2D eigenvalue weighted by atomic mass is 79.9. The predicted molar refractivity (Wildman–Crippen MR) is 148 cm³/mol. The summed E-state index contributed by atoms with van der Waals surface area (Å²) in [4.78, 5) is 39.3. The fraction of sp³-hybridized carbons (Fsp3) is 0.179. The zero-order valence-corrected chi connectivity index (χ0v) is 23.0. The number of hydrogen-bond acceptors (Lipinski definition) is 6. The van der Waals surface area contributed by atoms with Crippen LogP contribution in [0.4, 0.5) is 10.5 Å². The maximum atomic E-state index is 13.3. The molecule has 1 aliphatic heterocycles. The summed E-state index contributed by atoms with van der Waals surface area (Å²) >= 11 is 9.99. The van der Waals surface area contributed by atoms with Gasteiger partial charge in [-0.3, -0.25) is 14.9 Å². The molecule has 0 saturated carbocycles. The van der Waals surface area contributed by atoms with Gasteiger partial charge >= 0.3 is 6.03 Å². The van der Waals surface area contributed by atoms with Gasteiger partial charge in [0, 0.05) is 10.0 Å². The molecule has 0 unspecified atom stereocenters. The molecule has 1 saturated heterocycles. The lowest BCUT2D eigenvalue weighted by Gasteiger charge is -2.26. The zero-order valence-electron chi connectivity index (χ0n) is 20.6. The van der Waals surface area contributed by atoms with Gasteiger partial charge in [-0.15, -0.1) is 0 Å². The molecule has 8 nitrogen and oxygen atoms in total. The van der Waals surface area contributed by atoms with E-state index in [-0.39, 0.29) is 17.2 Å². The molecule has 0 spiro atoms. The lowest BCUT2D eigenvalue weighted by molar-refractivity contribution is -0.122. The summed E-state index contributed by atoms with van der Waals surface area (Å²) in [5.74, 6) is -0.353. The highest BCUT2D eigenvalue weighted by Crippen LogP contribution is 2.38. The van der Waals surface area contributed by atoms with Crippen LogP contribution in [0.15, 0.2) is 70.7 Å². The molecule has 0 aromatic heterocycles. The first-order valence-corrected chi connectivity index (χ1v) is 12.9. The Bertz CT molecular complexity index is 1410. The summed E-state index contributed by atoms with van der Waals surface area (Å²) in [7, 11) is 1.46. The highest BCUT2D eigenvalue weighted by molar-refractivity contribution is 9.10. The summed E-state index contributed by atoms with van der Waals surface area (Å²) in [6.07, 6.45) is 2.19. The Labute approximate surface area is 233 Å². The molecule has 1 heterocycles. The lowest BCUT2D eigenvalue weighted by Crippen LogP contribution is -2.54. The first-order valence-electron chi connectivity index (χ1n) is 11.7. The lowest BCUT2D eigenvalue weighted by atomic mass is 10.1. The number of amides is 4. The first-order chi connectivity index (χ1) is 18.3. The second-order valence-corrected chi connectivity index (χ2v) is 9.48. The molecule has 38 heavy (non-hydrogen) atoms. The number of urea groups is 1. The molecule has 0 radical (unpaired) electrons. The van der Waals surface area contributed by atoms with Gasteiger partial charge in [0.2, 0.25) is 0 Å². The third kappa shape index (κ3) is 6.00. The molecule has 0 atom stereocenters. The topological polar surface area (TPSA) is 94.2 Å². The van der Waals surface area contributed by atoms with E-state index in [1.54, 1.807) is 36.4 Å². The summed E-state index contributed by atoms with van der Waals surface area (Å²) in [6, 6.07) is 16.4. The smallest absolute Gasteiger partial charge is 0.335 e. The van der Waals surface area contributed by atoms with Gasteiger partial charge in [0.25, 0.3) is 11.8 Å². The Morgan fingerprint density at radius 2 is 1.76 bits per heavy atom. The minimum atomic E-state index is -0.842. The fourth-order valence-corrected chi connectivity index (χ4v) is 4.37. The van der Waals surface area contributed by atoms with Crippen molar-refractivity contribution in [3.8, 4) is 17.2 Å². The van der Waals surface area contributed by atoms with Crippen molar-refractivity contribution in [2.45, 2.75) is 20.0 Å². The van der Waals surface area contributed by atoms with Gasteiger partial charge in [-0.1, -0.05) is 52.7 Å². The van der Waals surface area contributed by atoms with Crippen LogP contribution in [0.2, 0.25) is 5.02 Å². The number of nitrogens with one attached hydrogen (secondary N) is 1. The number of imide groups is 2. The molecule has 1 aliphatic rings. The van der Waals surface area contributed by atoms with Crippen LogP contribution in [-0.4, -0.2) is 31.6 Å². The van der Waals surface area contributed by atoms with Crippen LogP contribution in [0.3, 0.4) is 0 Å². The van der Waals surface area contributed by atoms with Crippen LogP contribution in [0.25, 0.3) is 6.08 Å². The van der Waals surface area contributed by atoms with Crippen molar-refractivity contribution in [2.24, 2.45) is 0 Å². The second-order valence-electron chi connectivity index (χ2n) is 8.21. The number of anilines is 1. The van der Waals surface area contributed by atoms with E-state index >= 15 is 0 Å². The van der Waals surface area contributed by atoms with Gasteiger partial charge in [-0.25, -0.2) is 9.69 Å². The number of halogens is 2. The van der Waals surface area contributed by atoms with Crippen molar-refractivity contribution in [2.75, 3.05) is 18.6 Å². The SMILES string of the molecule is CCCOc1ccc(N2C(=O)NC(=O)/C(=C/c3cc(Cl)c(OCc4ccccc4Br)c(OC)c3)C2=O)cc1. The highest BCUT2D eigenvalue weighted by Gasteiger charge is 2.37. The minimum Gasteiger partial charge on any atom is -0.494 e. The van der Waals surface area contributed by atoms with E-state index in [1.165, 1.54) is 13.2 Å². The number of hydrogen-bond donors (Lipinski definition) is 1. The Morgan fingerprint density at radius 3 is 2.45 bits per heavy atom. The van der Waals surface area contributed by atoms with Crippen molar-refractivity contribution in [3.05, 3.63) is 86.9 Å². The first kappa shape index (κ1) is 27.2. The molecular weight excluding hydrogens is 576 g/mol. The molecule has 3 aromatic rings. The normalized spacial score (nSPS) is 14.5. The summed E-state index contributed by atoms with van der Waals surface area (Å²) in [5, 5.41) is 2.43. The van der Waals surface area contributed by atoms with Gasteiger partial charge in [-0.2, -0.15) is 0 Å². The van der Waals surface area contributed by atoms with Crippen molar-refractivity contribution in [1.82, 2.24) is 5.32 Å². The van der Waals surface area contributed by atoms with Gasteiger partial charge in [0.1, 0.15) is 17.9 Å². The number of nitrogens with zero attached hydrogens (tertiary/aromatic N) is 1. The fourth-order valence-electron chi connectivity index (χ4n) is 3.70. The van der Waals surface area contributed by atoms with Crippen molar-refractivity contribution < 1.29 is 28.6 Å². The van der Waals surface area contributed by atoms with Crippen molar-refractivity contribution in [3.63, 3.8) is 0 Å². The molecule has 0 aliphatic carbocycles. The average Bonchev–Trinajstić information content (AvgIpc) is 2.90. The molecule has 1 N–H and O–H groups in total. The molecule has 1 fully saturated rings. The van der Waals surface area contributed by atoms with E-state index in [1.807, 2.05) is 31.2 Å². The standard InChI is InChI=1S/C28H24BrClN2O6/c1-3-12-37-20-10-8-19(9-11-20)32-27(34)21(26(33)31-28(32)35)13-17-14-23(30)25(24(15-17)36-2)38-16-18-6-4-5-7-22(18)29/h4-11,13-15H,3,12,16H2,1-2H3,(H,31,33,35)/b21-13-. The maximum Gasteiger partial charge on any atom is 0.335 e. The quantitative estimate of drug-likeness (QED) is 0.234. The maximum absolute atomic E-state index is 13.3. The predicted octanol–water partition coefficient (Wildman–Crippen LogP) is 6.15. The van der Waals surface area contributed by atoms with E-state index in [9.17, 15) is 14.4 Å². The molecule has 4 amide bonds. The van der Waals surface area contributed by atoms with Crippen LogP contribution >= 0.6 is 27.5 Å². The van der Waals surface area contributed by atoms with Crippen LogP contribution in [-0.2, 0) is 16.2 Å². The van der Waals surface area contributed by atoms with E-state index in [4.69, 9.17) is 25.8 Å². The van der Waals surface area contributed by atoms with Gasteiger partial charge < -0.3 is 14.2 Å². The monoisotopic (exact) mass is 598 g/mol. The second kappa shape index (κ2) is 12.1. The average molecular weight is 600 g/mol. The Kier molecular flexibility index (Phi) is 8.70. The van der Waals surface area contributed by atoms with Crippen LogP contribution in [0.1, 0.15) is 24.5 Å². The van der Waals surface area contributed by atoms with E-state index in [2.05, 4.69) is 21.2 Å². The number of ether oxygens (including phenoxy) is 3. The van der Waals surface area contributed by atoms with Crippen molar-refractivity contribution in [1.29, 1.82) is 0 Å². The van der Waals surface area contributed by atoms with Gasteiger partial charge in [0.05, 0.1) is 24.4 Å². The Hall–Kier alpha value is -3.82.